The SMILES string of the molecule is CC1(N2Cc3cc(Cl)ccc3-n3c(nnc3N3CC4(CN(c5ncccn5)C4)C3)C2)CC1. The molecule has 0 radical (unpaired) electrons. The zero-order valence-electron chi connectivity index (χ0n) is 18.1. The highest BCUT2D eigenvalue weighted by Crippen LogP contribution is 2.46. The summed E-state index contributed by atoms with van der Waals surface area (Å²) in [6.45, 7) is 8.01. The number of rotatable bonds is 3. The molecule has 164 valence electrons. The minimum absolute atomic E-state index is 0.260. The molecule has 2 aromatic heterocycles. The van der Waals surface area contributed by atoms with Gasteiger partial charge in [0.25, 0.3) is 0 Å². The van der Waals surface area contributed by atoms with Gasteiger partial charge in [-0.25, -0.2) is 9.97 Å². The van der Waals surface area contributed by atoms with E-state index in [9.17, 15) is 0 Å². The van der Waals surface area contributed by atoms with E-state index in [1.54, 1.807) is 12.4 Å². The largest absolute Gasteiger partial charge is 0.339 e. The van der Waals surface area contributed by atoms with Crippen LogP contribution in [-0.2, 0) is 13.1 Å². The van der Waals surface area contributed by atoms with Gasteiger partial charge >= 0.3 is 0 Å². The topological polar surface area (TPSA) is 66.2 Å². The standard InChI is InChI=1S/C23H25ClN8/c1-22(5-6-22)31-10-16-9-17(24)3-4-18(16)32-19(11-31)27-28-21(32)30-14-23(15-30)12-29(13-23)20-25-7-2-8-26-20/h2-4,7-9H,5-6,10-15H2,1H3. The third-order valence-corrected chi connectivity index (χ3v) is 7.88. The quantitative estimate of drug-likeness (QED) is 0.610. The Balaban J connectivity index is 1.17. The second kappa shape index (κ2) is 6.42. The Bertz CT molecular complexity index is 1190. The summed E-state index contributed by atoms with van der Waals surface area (Å²) in [6.07, 6.45) is 6.09. The maximum Gasteiger partial charge on any atom is 0.231 e. The molecule has 2 saturated heterocycles. The monoisotopic (exact) mass is 448 g/mol. The zero-order chi connectivity index (χ0) is 21.5. The number of halogens is 1. The number of hydrogen-bond acceptors (Lipinski definition) is 7. The summed E-state index contributed by atoms with van der Waals surface area (Å²) < 4.78 is 2.26. The minimum atomic E-state index is 0.260. The molecular weight excluding hydrogens is 424 g/mol. The number of hydrogen-bond donors (Lipinski definition) is 0. The van der Waals surface area contributed by atoms with Crippen LogP contribution in [0.4, 0.5) is 11.9 Å². The molecule has 5 heterocycles. The summed E-state index contributed by atoms with van der Waals surface area (Å²) >= 11 is 6.39. The second-order valence-corrected chi connectivity index (χ2v) is 10.6. The molecule has 1 spiro atoms. The molecule has 1 aromatic carbocycles. The van der Waals surface area contributed by atoms with E-state index in [4.69, 9.17) is 11.6 Å². The molecule has 0 N–H and O–H groups in total. The molecule has 3 aliphatic heterocycles. The Hall–Kier alpha value is -2.71. The molecule has 3 aromatic rings. The molecule has 0 bridgehead atoms. The Morgan fingerprint density at radius 3 is 2.44 bits per heavy atom. The summed E-state index contributed by atoms with van der Waals surface area (Å²) in [5.74, 6) is 2.79. The van der Waals surface area contributed by atoms with Gasteiger partial charge in [-0.05, 0) is 49.6 Å². The van der Waals surface area contributed by atoms with E-state index >= 15 is 0 Å². The summed E-state index contributed by atoms with van der Waals surface area (Å²) in [5, 5.41) is 10.1. The van der Waals surface area contributed by atoms with Crippen LogP contribution in [0.1, 0.15) is 31.2 Å². The summed E-state index contributed by atoms with van der Waals surface area (Å²) in [7, 11) is 0. The highest BCUT2D eigenvalue weighted by atomic mass is 35.5. The Morgan fingerprint density at radius 1 is 0.938 bits per heavy atom. The fourth-order valence-corrected chi connectivity index (χ4v) is 5.73. The molecule has 32 heavy (non-hydrogen) atoms. The normalized spacial score (nSPS) is 22.6. The van der Waals surface area contributed by atoms with Gasteiger partial charge in [0.15, 0.2) is 5.82 Å². The molecule has 4 aliphatic rings. The molecule has 9 heteroatoms. The van der Waals surface area contributed by atoms with Gasteiger partial charge in [-0.3, -0.25) is 9.47 Å². The first-order valence-electron chi connectivity index (χ1n) is 11.3. The van der Waals surface area contributed by atoms with E-state index < -0.39 is 0 Å². The molecular formula is C23H25ClN8. The van der Waals surface area contributed by atoms with Crippen LogP contribution in [0.15, 0.2) is 36.7 Å². The predicted octanol–water partition coefficient (Wildman–Crippen LogP) is 2.91. The van der Waals surface area contributed by atoms with Crippen molar-refractivity contribution in [3.8, 4) is 5.69 Å². The summed E-state index contributed by atoms with van der Waals surface area (Å²) in [5.41, 5.74) is 2.96. The van der Waals surface area contributed by atoms with Crippen LogP contribution < -0.4 is 9.80 Å². The maximum atomic E-state index is 6.39. The highest BCUT2D eigenvalue weighted by molar-refractivity contribution is 6.30. The Labute approximate surface area is 191 Å². The lowest BCUT2D eigenvalue weighted by Gasteiger charge is -2.60. The number of benzene rings is 1. The maximum absolute atomic E-state index is 6.39. The van der Waals surface area contributed by atoms with Crippen molar-refractivity contribution in [2.24, 2.45) is 5.41 Å². The van der Waals surface area contributed by atoms with Gasteiger partial charge in [-0.1, -0.05) is 11.6 Å². The lowest BCUT2D eigenvalue weighted by Crippen LogP contribution is -2.73. The third-order valence-electron chi connectivity index (χ3n) is 7.65. The van der Waals surface area contributed by atoms with Crippen LogP contribution in [-0.4, -0.2) is 61.4 Å². The average molecular weight is 449 g/mol. The van der Waals surface area contributed by atoms with Crippen LogP contribution in [0.3, 0.4) is 0 Å². The molecule has 3 fully saturated rings. The number of fused-ring (bicyclic) bond motifs is 3. The third kappa shape index (κ3) is 2.79. The van der Waals surface area contributed by atoms with Gasteiger partial charge in [0.2, 0.25) is 11.9 Å². The van der Waals surface area contributed by atoms with Crippen molar-refractivity contribution in [1.29, 1.82) is 0 Å². The summed E-state index contributed by atoms with van der Waals surface area (Å²) in [6, 6.07) is 8.07. The van der Waals surface area contributed by atoms with Crippen LogP contribution >= 0.6 is 11.6 Å². The van der Waals surface area contributed by atoms with E-state index in [2.05, 4.69) is 58.5 Å². The fraction of sp³-hybridized carbons (Fsp3) is 0.478. The number of aromatic nitrogens is 5. The van der Waals surface area contributed by atoms with E-state index in [1.165, 1.54) is 18.4 Å². The summed E-state index contributed by atoms with van der Waals surface area (Å²) in [4.78, 5) is 15.9. The van der Waals surface area contributed by atoms with Crippen LogP contribution in [0.25, 0.3) is 5.69 Å². The lowest BCUT2D eigenvalue weighted by atomic mass is 9.73. The lowest BCUT2D eigenvalue weighted by molar-refractivity contribution is 0.152. The van der Waals surface area contributed by atoms with E-state index in [1.807, 2.05) is 12.1 Å². The second-order valence-electron chi connectivity index (χ2n) is 10.1. The number of nitrogens with zero attached hydrogens (tertiary/aromatic N) is 8. The Morgan fingerprint density at radius 2 is 1.69 bits per heavy atom. The van der Waals surface area contributed by atoms with Gasteiger partial charge in [0.05, 0.1) is 12.2 Å². The molecule has 1 aliphatic carbocycles. The van der Waals surface area contributed by atoms with E-state index in [-0.39, 0.29) is 5.54 Å². The van der Waals surface area contributed by atoms with Gasteiger partial charge in [-0.15, -0.1) is 10.2 Å². The van der Waals surface area contributed by atoms with Crippen molar-refractivity contribution in [3.05, 3.63) is 53.1 Å². The molecule has 0 amide bonds. The first-order valence-corrected chi connectivity index (χ1v) is 11.6. The first kappa shape index (κ1) is 18.8. The fourth-order valence-electron chi connectivity index (χ4n) is 5.54. The van der Waals surface area contributed by atoms with Gasteiger partial charge in [0.1, 0.15) is 0 Å². The van der Waals surface area contributed by atoms with Gasteiger partial charge in [0, 0.05) is 61.1 Å². The highest BCUT2D eigenvalue weighted by Gasteiger charge is 2.54. The van der Waals surface area contributed by atoms with Crippen LogP contribution in [0, 0.1) is 5.41 Å². The van der Waals surface area contributed by atoms with E-state index in [0.717, 1.165) is 67.7 Å². The predicted molar refractivity (Wildman–Crippen MR) is 122 cm³/mol. The Kier molecular flexibility index (Phi) is 3.78. The van der Waals surface area contributed by atoms with Gasteiger partial charge in [-0.2, -0.15) is 0 Å². The molecule has 0 unspecified atom stereocenters. The van der Waals surface area contributed by atoms with Crippen molar-refractivity contribution in [1.82, 2.24) is 29.6 Å². The molecule has 1 saturated carbocycles. The van der Waals surface area contributed by atoms with Crippen molar-refractivity contribution < 1.29 is 0 Å². The molecule has 7 rings (SSSR count). The van der Waals surface area contributed by atoms with E-state index in [0.29, 0.717) is 5.41 Å². The molecule has 0 atom stereocenters. The minimum Gasteiger partial charge on any atom is -0.339 e. The zero-order valence-corrected chi connectivity index (χ0v) is 18.8. The first-order chi connectivity index (χ1) is 15.5. The number of anilines is 2. The smallest absolute Gasteiger partial charge is 0.231 e. The van der Waals surface area contributed by atoms with Crippen LogP contribution in [0.5, 0.6) is 0 Å². The van der Waals surface area contributed by atoms with Crippen molar-refractivity contribution in [3.63, 3.8) is 0 Å². The average Bonchev–Trinajstić information content (AvgIpc) is 3.40. The molecule has 8 nitrogen and oxygen atoms in total. The van der Waals surface area contributed by atoms with Crippen molar-refractivity contribution in [2.75, 3.05) is 36.0 Å². The van der Waals surface area contributed by atoms with Gasteiger partial charge < -0.3 is 9.80 Å². The van der Waals surface area contributed by atoms with Crippen molar-refractivity contribution in [2.45, 2.75) is 38.4 Å². The van der Waals surface area contributed by atoms with Crippen LogP contribution in [0.2, 0.25) is 5.02 Å². The van der Waals surface area contributed by atoms with Crippen molar-refractivity contribution >= 4 is 23.5 Å².